The molecule has 4 aromatic rings. The van der Waals surface area contributed by atoms with Crippen LogP contribution in [0.3, 0.4) is 0 Å². The molecule has 2 heterocycles. The SMILES string of the molecule is CC.CC1Cc2ccccc2N1c1ccccc1C(=O)O.Cc1ccc(C)n1-c1ccccc1C(=O)O. The lowest BCUT2D eigenvalue weighted by Crippen LogP contribution is -2.25. The lowest BCUT2D eigenvalue weighted by molar-refractivity contribution is 0.0686. The summed E-state index contributed by atoms with van der Waals surface area (Å²) in [5, 5.41) is 18.5. The van der Waals surface area contributed by atoms with Crippen molar-refractivity contribution >= 4 is 23.3 Å². The van der Waals surface area contributed by atoms with E-state index < -0.39 is 11.9 Å². The fourth-order valence-corrected chi connectivity index (χ4v) is 4.70. The van der Waals surface area contributed by atoms with Crippen LogP contribution in [0.25, 0.3) is 5.69 Å². The smallest absolute Gasteiger partial charge is 0.337 e. The number of nitrogens with zero attached hydrogens (tertiary/aromatic N) is 2. The van der Waals surface area contributed by atoms with E-state index in [1.54, 1.807) is 24.3 Å². The Morgan fingerprint density at radius 2 is 1.11 bits per heavy atom. The van der Waals surface area contributed by atoms with Crippen LogP contribution in [0.15, 0.2) is 84.9 Å². The minimum atomic E-state index is -0.900. The van der Waals surface area contributed by atoms with Gasteiger partial charge in [0.05, 0.1) is 22.5 Å². The van der Waals surface area contributed by atoms with Gasteiger partial charge in [0.2, 0.25) is 0 Å². The number of aromatic carboxylic acids is 2. The lowest BCUT2D eigenvalue weighted by atomic mass is 10.1. The van der Waals surface area contributed by atoms with Crippen LogP contribution in [0.5, 0.6) is 0 Å². The third-order valence-electron chi connectivity index (χ3n) is 6.25. The van der Waals surface area contributed by atoms with E-state index in [4.69, 9.17) is 5.11 Å². The fraction of sp³-hybridized carbons (Fsp3) is 0.226. The molecule has 0 saturated heterocycles. The zero-order chi connectivity index (χ0) is 27.1. The largest absolute Gasteiger partial charge is 0.478 e. The average molecular weight is 499 g/mol. The molecule has 0 bridgehead atoms. The van der Waals surface area contributed by atoms with Crippen LogP contribution in [-0.4, -0.2) is 32.8 Å². The van der Waals surface area contributed by atoms with Gasteiger partial charge in [-0.15, -0.1) is 0 Å². The van der Waals surface area contributed by atoms with E-state index in [0.29, 0.717) is 11.1 Å². The number of fused-ring (bicyclic) bond motifs is 1. The van der Waals surface area contributed by atoms with Gasteiger partial charge >= 0.3 is 11.9 Å². The quantitative estimate of drug-likeness (QED) is 0.309. The second-order valence-corrected chi connectivity index (χ2v) is 8.65. The Hall–Kier alpha value is -4.32. The van der Waals surface area contributed by atoms with Gasteiger partial charge in [-0.2, -0.15) is 0 Å². The molecule has 1 unspecified atom stereocenters. The molecule has 1 aromatic heterocycles. The number of carbonyl (C=O) groups is 2. The van der Waals surface area contributed by atoms with Crippen molar-refractivity contribution in [3.63, 3.8) is 0 Å². The van der Waals surface area contributed by atoms with E-state index in [-0.39, 0.29) is 6.04 Å². The zero-order valence-electron chi connectivity index (χ0n) is 22.0. The first-order valence-electron chi connectivity index (χ1n) is 12.5. The number of benzene rings is 3. The molecule has 6 heteroatoms. The molecule has 0 radical (unpaired) electrons. The van der Waals surface area contributed by atoms with Crippen LogP contribution in [-0.2, 0) is 6.42 Å². The normalized spacial score (nSPS) is 13.5. The number of hydrogen-bond donors (Lipinski definition) is 2. The molecule has 0 spiro atoms. The molecule has 2 N–H and O–H groups in total. The van der Waals surface area contributed by atoms with Gasteiger partial charge in [0, 0.05) is 23.1 Å². The van der Waals surface area contributed by atoms with Crippen molar-refractivity contribution < 1.29 is 19.8 Å². The summed E-state index contributed by atoms with van der Waals surface area (Å²) in [6.45, 7) is 10.1. The lowest BCUT2D eigenvalue weighted by Gasteiger charge is -2.26. The van der Waals surface area contributed by atoms with Gasteiger partial charge < -0.3 is 19.7 Å². The zero-order valence-corrected chi connectivity index (χ0v) is 22.0. The molecule has 0 saturated carbocycles. The molecule has 0 fully saturated rings. The molecule has 192 valence electrons. The van der Waals surface area contributed by atoms with Crippen molar-refractivity contribution in [3.05, 3.63) is 113 Å². The second-order valence-electron chi connectivity index (χ2n) is 8.65. The predicted molar refractivity (Wildman–Crippen MR) is 149 cm³/mol. The van der Waals surface area contributed by atoms with Crippen LogP contribution >= 0.6 is 0 Å². The van der Waals surface area contributed by atoms with Crippen LogP contribution in [0.2, 0.25) is 0 Å². The number of carboxylic acid groups (broad SMARTS) is 2. The van der Waals surface area contributed by atoms with E-state index in [1.165, 1.54) is 5.56 Å². The monoisotopic (exact) mass is 498 g/mol. The summed E-state index contributed by atoms with van der Waals surface area (Å²) in [7, 11) is 0. The van der Waals surface area contributed by atoms with Crippen LogP contribution < -0.4 is 4.90 Å². The summed E-state index contributed by atoms with van der Waals surface area (Å²) < 4.78 is 1.95. The number of aromatic nitrogens is 1. The molecule has 1 atom stereocenters. The standard InChI is InChI=1S/C16H15NO2.C13H13NO2.C2H6/c1-11-10-12-6-2-4-8-14(12)17(11)15-9-5-3-7-13(15)16(18)19;1-9-7-8-10(2)14(9)12-6-4-3-5-11(12)13(15)16;1-2/h2-9,11H,10H2,1H3,(H,18,19);3-8H,1-2H3,(H,15,16);1-2H3. The first-order valence-corrected chi connectivity index (χ1v) is 12.5. The highest BCUT2D eigenvalue weighted by atomic mass is 16.4. The third-order valence-corrected chi connectivity index (χ3v) is 6.25. The van der Waals surface area contributed by atoms with E-state index in [2.05, 4.69) is 24.0 Å². The van der Waals surface area contributed by atoms with Crippen molar-refractivity contribution in [2.45, 2.75) is 47.1 Å². The highest BCUT2D eigenvalue weighted by Crippen LogP contribution is 2.39. The van der Waals surface area contributed by atoms with Crippen LogP contribution in [0, 0.1) is 13.8 Å². The summed E-state index contributed by atoms with van der Waals surface area (Å²) in [4.78, 5) is 24.6. The maximum atomic E-state index is 11.4. The van der Waals surface area contributed by atoms with Gasteiger partial charge in [0.25, 0.3) is 0 Å². The van der Waals surface area contributed by atoms with Crippen molar-refractivity contribution in [2.75, 3.05) is 4.90 Å². The van der Waals surface area contributed by atoms with E-state index in [9.17, 15) is 14.7 Å². The molecule has 0 amide bonds. The number of aryl methyl sites for hydroxylation is 2. The molecule has 3 aromatic carbocycles. The Morgan fingerprint density at radius 3 is 1.65 bits per heavy atom. The van der Waals surface area contributed by atoms with E-state index in [1.807, 2.05) is 80.8 Å². The van der Waals surface area contributed by atoms with Crippen molar-refractivity contribution in [3.8, 4) is 5.69 Å². The van der Waals surface area contributed by atoms with Gasteiger partial charge in [0.1, 0.15) is 0 Å². The number of rotatable bonds is 4. The first-order chi connectivity index (χ1) is 17.8. The molecule has 0 aliphatic carbocycles. The summed E-state index contributed by atoms with van der Waals surface area (Å²) in [5.41, 5.74) is 6.62. The van der Waals surface area contributed by atoms with Gasteiger partial charge in [-0.25, -0.2) is 9.59 Å². The van der Waals surface area contributed by atoms with Crippen LogP contribution in [0.4, 0.5) is 11.4 Å². The molecular formula is C31H34N2O4. The van der Waals surface area contributed by atoms with Gasteiger partial charge in [0.15, 0.2) is 0 Å². The number of hydrogen-bond acceptors (Lipinski definition) is 3. The van der Waals surface area contributed by atoms with E-state index in [0.717, 1.165) is 34.9 Å². The Bertz CT molecular complexity index is 1370. The molecule has 5 rings (SSSR count). The maximum Gasteiger partial charge on any atom is 0.337 e. The Labute approximate surface area is 218 Å². The highest BCUT2D eigenvalue weighted by Gasteiger charge is 2.29. The van der Waals surface area contributed by atoms with Crippen molar-refractivity contribution in [2.24, 2.45) is 0 Å². The molecule has 6 nitrogen and oxygen atoms in total. The topological polar surface area (TPSA) is 82.8 Å². The second kappa shape index (κ2) is 12.1. The summed E-state index contributed by atoms with van der Waals surface area (Å²) in [6, 6.07) is 26.6. The number of anilines is 2. The minimum Gasteiger partial charge on any atom is -0.478 e. The molecule has 1 aliphatic heterocycles. The van der Waals surface area contributed by atoms with Crippen molar-refractivity contribution in [1.82, 2.24) is 4.57 Å². The van der Waals surface area contributed by atoms with Crippen LogP contribution in [0.1, 0.15) is 58.4 Å². The van der Waals surface area contributed by atoms with Gasteiger partial charge in [-0.1, -0.05) is 56.3 Å². The maximum absolute atomic E-state index is 11.4. The third kappa shape index (κ3) is 5.75. The summed E-state index contributed by atoms with van der Waals surface area (Å²) in [6.07, 6.45) is 0.949. The molecule has 1 aliphatic rings. The highest BCUT2D eigenvalue weighted by molar-refractivity contribution is 5.96. The first kappa shape index (κ1) is 27.3. The molecular weight excluding hydrogens is 464 g/mol. The fourth-order valence-electron chi connectivity index (χ4n) is 4.70. The predicted octanol–water partition coefficient (Wildman–Crippen LogP) is 7.29. The molecule has 37 heavy (non-hydrogen) atoms. The Kier molecular flexibility index (Phi) is 8.90. The average Bonchev–Trinajstić information content (AvgIpc) is 3.42. The van der Waals surface area contributed by atoms with E-state index >= 15 is 0 Å². The van der Waals surface area contributed by atoms with Gasteiger partial charge in [-0.3, -0.25) is 0 Å². The number of carboxylic acids is 2. The summed E-state index contributed by atoms with van der Waals surface area (Å²) in [5.74, 6) is -1.78. The Morgan fingerprint density at radius 1 is 0.676 bits per heavy atom. The number of para-hydroxylation sites is 3. The minimum absolute atomic E-state index is 0.276. The van der Waals surface area contributed by atoms with Crippen molar-refractivity contribution in [1.29, 1.82) is 0 Å². The Balaban J connectivity index is 0.000000195. The summed E-state index contributed by atoms with van der Waals surface area (Å²) >= 11 is 0. The van der Waals surface area contributed by atoms with Gasteiger partial charge in [-0.05, 0) is 75.2 Å².